The van der Waals surface area contributed by atoms with E-state index in [9.17, 15) is 8.42 Å². The zero-order valence-electron chi connectivity index (χ0n) is 12.6. The maximum absolute atomic E-state index is 12.7. The van der Waals surface area contributed by atoms with Gasteiger partial charge in [0.15, 0.2) is 0 Å². The van der Waals surface area contributed by atoms with Crippen molar-refractivity contribution in [1.82, 2.24) is 9.29 Å². The highest BCUT2D eigenvalue weighted by molar-refractivity contribution is 7.89. The minimum absolute atomic E-state index is 0.148. The monoisotopic (exact) mass is 310 g/mol. The predicted octanol–water partition coefficient (Wildman–Crippen LogP) is 1.97. The van der Waals surface area contributed by atoms with Crippen LogP contribution in [0.5, 0.6) is 0 Å². The Labute approximate surface area is 126 Å². The fourth-order valence-electron chi connectivity index (χ4n) is 3.52. The molecule has 2 heterocycles. The number of rotatable bonds is 4. The molecule has 0 unspecified atom stereocenters. The molecular weight excluding hydrogens is 288 g/mol. The lowest BCUT2D eigenvalue weighted by Crippen LogP contribution is -2.45. The molecule has 0 bridgehead atoms. The van der Waals surface area contributed by atoms with Gasteiger partial charge in [0.1, 0.15) is 0 Å². The van der Waals surface area contributed by atoms with E-state index in [0.717, 1.165) is 31.6 Å². The summed E-state index contributed by atoms with van der Waals surface area (Å²) in [5.41, 5.74) is 0.875. The van der Waals surface area contributed by atoms with Gasteiger partial charge in [-0.3, -0.25) is 4.98 Å². The predicted molar refractivity (Wildman–Crippen MR) is 79.4 cm³/mol. The van der Waals surface area contributed by atoms with E-state index in [-0.39, 0.29) is 5.41 Å². The van der Waals surface area contributed by atoms with Crippen molar-refractivity contribution in [1.29, 1.82) is 0 Å². The van der Waals surface area contributed by atoms with Gasteiger partial charge in [0.2, 0.25) is 10.0 Å². The zero-order chi connectivity index (χ0) is 15.1. The second-order valence-electron chi connectivity index (χ2n) is 6.21. The van der Waals surface area contributed by atoms with Gasteiger partial charge in [0.05, 0.1) is 11.0 Å². The smallest absolute Gasteiger partial charge is 0.243 e. The summed E-state index contributed by atoms with van der Waals surface area (Å²) < 4.78 is 32.6. The molecule has 0 radical (unpaired) electrons. The lowest BCUT2D eigenvalue weighted by atomic mass is 9.66. The third-order valence-corrected chi connectivity index (χ3v) is 6.47. The van der Waals surface area contributed by atoms with Crippen molar-refractivity contribution < 1.29 is 13.2 Å². The molecule has 2 aliphatic rings. The highest BCUT2D eigenvalue weighted by Gasteiger charge is 2.51. The quantitative estimate of drug-likeness (QED) is 0.853. The third-order valence-electron chi connectivity index (χ3n) is 4.63. The fraction of sp³-hybridized carbons (Fsp3) is 0.667. The molecule has 1 saturated heterocycles. The third kappa shape index (κ3) is 2.72. The maximum Gasteiger partial charge on any atom is 0.243 e. The van der Waals surface area contributed by atoms with Crippen LogP contribution in [0.15, 0.2) is 23.2 Å². The molecule has 3 rings (SSSR count). The lowest BCUT2D eigenvalue weighted by molar-refractivity contribution is -0.0696. The number of sulfonamides is 1. The number of nitrogens with zero attached hydrogens (tertiary/aromatic N) is 2. The number of hydrogen-bond donors (Lipinski definition) is 0. The van der Waals surface area contributed by atoms with Crippen LogP contribution in [0.3, 0.4) is 0 Å². The van der Waals surface area contributed by atoms with Crippen LogP contribution in [-0.4, -0.2) is 43.5 Å². The first kappa shape index (κ1) is 14.9. The molecule has 1 aliphatic heterocycles. The summed E-state index contributed by atoms with van der Waals surface area (Å²) in [4.78, 5) is 4.42. The molecular formula is C15H22N2O3S. The summed E-state index contributed by atoms with van der Waals surface area (Å²) in [7, 11) is -3.39. The van der Waals surface area contributed by atoms with Crippen LogP contribution >= 0.6 is 0 Å². The van der Waals surface area contributed by atoms with Crippen LogP contribution in [0.4, 0.5) is 0 Å². The first-order valence-electron chi connectivity index (χ1n) is 7.50. The highest BCUT2D eigenvalue weighted by Crippen LogP contribution is 2.50. The van der Waals surface area contributed by atoms with Gasteiger partial charge in [-0.25, -0.2) is 8.42 Å². The largest absolute Gasteiger partial charge is 0.378 e. The molecule has 1 spiro atoms. The van der Waals surface area contributed by atoms with E-state index in [2.05, 4.69) is 4.98 Å². The standard InChI is InChI=1S/C15H22N2O3S/c1-3-20-13-9-15(10-13)5-7-17(11-15)21(18,19)14-4-6-16-12(2)8-14/h4,6,8,13H,3,5,7,9-11H2,1-2H3. The maximum atomic E-state index is 12.7. The van der Waals surface area contributed by atoms with Crippen LogP contribution in [0.2, 0.25) is 0 Å². The Morgan fingerprint density at radius 2 is 2.24 bits per heavy atom. The van der Waals surface area contributed by atoms with Crippen LogP contribution in [0.1, 0.15) is 31.9 Å². The molecule has 0 atom stereocenters. The zero-order valence-corrected chi connectivity index (χ0v) is 13.4. The van der Waals surface area contributed by atoms with E-state index in [1.165, 1.54) is 0 Å². The van der Waals surface area contributed by atoms with Crippen LogP contribution < -0.4 is 0 Å². The summed E-state index contributed by atoms with van der Waals surface area (Å²) >= 11 is 0. The van der Waals surface area contributed by atoms with Gasteiger partial charge in [-0.2, -0.15) is 4.31 Å². The number of ether oxygens (including phenoxy) is 1. The van der Waals surface area contributed by atoms with E-state index in [1.807, 2.05) is 13.8 Å². The first-order chi connectivity index (χ1) is 9.95. The van der Waals surface area contributed by atoms with Gasteiger partial charge in [-0.1, -0.05) is 0 Å². The minimum Gasteiger partial charge on any atom is -0.378 e. The Bertz CT molecular complexity index is 624. The molecule has 2 fully saturated rings. The van der Waals surface area contributed by atoms with Gasteiger partial charge in [-0.05, 0) is 50.7 Å². The van der Waals surface area contributed by atoms with Crippen LogP contribution in [0.25, 0.3) is 0 Å². The topological polar surface area (TPSA) is 59.5 Å². The van der Waals surface area contributed by atoms with Crippen molar-refractivity contribution >= 4 is 10.0 Å². The molecule has 0 aromatic carbocycles. The van der Waals surface area contributed by atoms with Crippen LogP contribution in [0, 0.1) is 12.3 Å². The Morgan fingerprint density at radius 1 is 1.48 bits per heavy atom. The Morgan fingerprint density at radius 3 is 2.90 bits per heavy atom. The average molecular weight is 310 g/mol. The van der Waals surface area contributed by atoms with Crippen molar-refractivity contribution in [3.05, 3.63) is 24.0 Å². The first-order valence-corrected chi connectivity index (χ1v) is 8.94. The van der Waals surface area contributed by atoms with Crippen molar-refractivity contribution in [2.75, 3.05) is 19.7 Å². The second kappa shape index (κ2) is 5.34. The number of pyridine rings is 1. The summed E-state index contributed by atoms with van der Waals surface area (Å²) in [6.45, 7) is 5.78. The van der Waals surface area contributed by atoms with Gasteiger partial charge < -0.3 is 4.74 Å². The van der Waals surface area contributed by atoms with Gasteiger partial charge in [-0.15, -0.1) is 0 Å². The normalized spacial score (nSPS) is 29.7. The Balaban J connectivity index is 1.72. The number of hydrogen-bond acceptors (Lipinski definition) is 4. The molecule has 6 heteroatoms. The minimum atomic E-state index is -3.39. The molecule has 1 aromatic heterocycles. The van der Waals surface area contributed by atoms with Gasteiger partial charge in [0.25, 0.3) is 0 Å². The lowest BCUT2D eigenvalue weighted by Gasteiger charge is -2.44. The molecule has 21 heavy (non-hydrogen) atoms. The highest BCUT2D eigenvalue weighted by atomic mass is 32.2. The summed E-state index contributed by atoms with van der Waals surface area (Å²) in [6, 6.07) is 3.22. The van der Waals surface area contributed by atoms with E-state index in [0.29, 0.717) is 24.1 Å². The molecule has 116 valence electrons. The van der Waals surface area contributed by atoms with Crippen molar-refractivity contribution in [2.45, 2.75) is 44.1 Å². The molecule has 1 aliphatic carbocycles. The summed E-state index contributed by atoms with van der Waals surface area (Å²) in [5.74, 6) is 0. The van der Waals surface area contributed by atoms with E-state index < -0.39 is 10.0 Å². The Kier molecular flexibility index (Phi) is 3.80. The molecule has 5 nitrogen and oxygen atoms in total. The molecule has 1 aromatic rings. The van der Waals surface area contributed by atoms with Gasteiger partial charge in [0, 0.05) is 31.6 Å². The SMILES string of the molecule is CCOC1CC2(CCN(S(=O)(=O)c3ccnc(C)c3)C2)C1. The second-order valence-corrected chi connectivity index (χ2v) is 8.15. The fourth-order valence-corrected chi connectivity index (χ4v) is 5.15. The average Bonchev–Trinajstić information content (AvgIpc) is 2.84. The molecule has 0 N–H and O–H groups in total. The molecule has 0 amide bonds. The van der Waals surface area contributed by atoms with Crippen molar-refractivity contribution in [3.63, 3.8) is 0 Å². The van der Waals surface area contributed by atoms with Crippen molar-refractivity contribution in [3.8, 4) is 0 Å². The number of aromatic nitrogens is 1. The van der Waals surface area contributed by atoms with E-state index in [1.54, 1.807) is 22.6 Å². The summed E-state index contributed by atoms with van der Waals surface area (Å²) in [6.07, 6.45) is 4.80. The van der Waals surface area contributed by atoms with Gasteiger partial charge >= 0.3 is 0 Å². The van der Waals surface area contributed by atoms with Crippen LogP contribution in [-0.2, 0) is 14.8 Å². The van der Waals surface area contributed by atoms with Crippen molar-refractivity contribution in [2.24, 2.45) is 5.41 Å². The Hall–Kier alpha value is -0.980. The molecule has 1 saturated carbocycles. The van der Waals surface area contributed by atoms with E-state index >= 15 is 0 Å². The van der Waals surface area contributed by atoms with E-state index in [4.69, 9.17) is 4.74 Å². The summed E-state index contributed by atoms with van der Waals surface area (Å²) in [5, 5.41) is 0. The number of aryl methyl sites for hydroxylation is 1.